The van der Waals surface area contributed by atoms with Crippen LogP contribution in [0.5, 0.6) is 5.75 Å². The molecule has 0 saturated carbocycles. The second-order valence-corrected chi connectivity index (χ2v) is 5.66. The number of ether oxygens (including phenoxy) is 1. The van der Waals surface area contributed by atoms with Crippen molar-refractivity contribution in [3.63, 3.8) is 0 Å². The Balaban J connectivity index is 2.38. The third-order valence-electron chi connectivity index (χ3n) is 4.91. The fraction of sp³-hybridized carbons (Fsp3) is 0.611. The van der Waals surface area contributed by atoms with Gasteiger partial charge in [-0.15, -0.1) is 0 Å². The van der Waals surface area contributed by atoms with Gasteiger partial charge in [-0.05, 0) is 49.7 Å². The lowest BCUT2D eigenvalue weighted by atomic mass is 9.82. The highest BCUT2D eigenvalue weighted by Crippen LogP contribution is 2.32. The highest BCUT2D eigenvalue weighted by molar-refractivity contribution is 6.03. The lowest BCUT2D eigenvalue weighted by Crippen LogP contribution is -2.53. The van der Waals surface area contributed by atoms with Crippen molar-refractivity contribution < 1.29 is 9.53 Å². The number of fused-ring (bicyclic) bond motifs is 1. The van der Waals surface area contributed by atoms with Gasteiger partial charge in [0.15, 0.2) is 5.78 Å². The summed E-state index contributed by atoms with van der Waals surface area (Å²) in [6.45, 7) is 11.0. The number of ketones is 1. The third kappa shape index (κ3) is 2.71. The van der Waals surface area contributed by atoms with E-state index in [1.165, 1.54) is 5.56 Å². The Morgan fingerprint density at radius 2 is 1.86 bits per heavy atom. The van der Waals surface area contributed by atoms with Gasteiger partial charge in [0.25, 0.3) is 0 Å². The molecule has 1 aromatic carbocycles. The van der Waals surface area contributed by atoms with Gasteiger partial charge in [0.1, 0.15) is 5.75 Å². The van der Waals surface area contributed by atoms with Crippen molar-refractivity contribution >= 4 is 5.78 Å². The van der Waals surface area contributed by atoms with Crippen molar-refractivity contribution in [2.24, 2.45) is 0 Å². The SMILES string of the molecule is CCN(CC)C(CC)(CC)C(=O)c1ccc2c(c1)CCO2. The first-order valence-electron chi connectivity index (χ1n) is 8.18. The molecular weight excluding hydrogens is 262 g/mol. The number of hydrogen-bond acceptors (Lipinski definition) is 3. The van der Waals surface area contributed by atoms with Crippen LogP contribution in [0.3, 0.4) is 0 Å². The lowest BCUT2D eigenvalue weighted by molar-refractivity contribution is 0.0535. The minimum atomic E-state index is -0.378. The minimum Gasteiger partial charge on any atom is -0.493 e. The molecular formula is C18H27NO2. The first-order chi connectivity index (χ1) is 10.1. The van der Waals surface area contributed by atoms with Crippen molar-refractivity contribution in [1.82, 2.24) is 4.90 Å². The Kier molecular flexibility index (Phi) is 5.04. The highest BCUT2D eigenvalue weighted by atomic mass is 16.5. The molecule has 0 aliphatic carbocycles. The lowest BCUT2D eigenvalue weighted by Gasteiger charge is -2.41. The van der Waals surface area contributed by atoms with Crippen molar-refractivity contribution in [2.75, 3.05) is 19.7 Å². The highest BCUT2D eigenvalue weighted by Gasteiger charge is 2.40. The molecule has 0 spiro atoms. The van der Waals surface area contributed by atoms with Gasteiger partial charge in [-0.25, -0.2) is 0 Å². The van der Waals surface area contributed by atoms with Crippen LogP contribution in [-0.4, -0.2) is 35.9 Å². The monoisotopic (exact) mass is 289 g/mol. The van der Waals surface area contributed by atoms with Crippen LogP contribution in [0.1, 0.15) is 56.5 Å². The molecule has 1 heterocycles. The molecule has 0 atom stereocenters. The normalized spacial score (nSPS) is 14.1. The molecule has 0 unspecified atom stereocenters. The summed E-state index contributed by atoms with van der Waals surface area (Å²) in [4.78, 5) is 15.5. The molecule has 3 heteroatoms. The Morgan fingerprint density at radius 1 is 1.19 bits per heavy atom. The van der Waals surface area contributed by atoms with Crippen LogP contribution in [-0.2, 0) is 6.42 Å². The molecule has 1 aliphatic heterocycles. The maximum Gasteiger partial charge on any atom is 0.183 e. The van der Waals surface area contributed by atoms with E-state index in [2.05, 4.69) is 32.6 Å². The van der Waals surface area contributed by atoms with Gasteiger partial charge in [-0.1, -0.05) is 27.7 Å². The maximum absolute atomic E-state index is 13.2. The van der Waals surface area contributed by atoms with Gasteiger partial charge in [0.05, 0.1) is 12.1 Å². The summed E-state index contributed by atoms with van der Waals surface area (Å²) in [5.41, 5.74) is 1.62. The quantitative estimate of drug-likeness (QED) is 0.717. The van der Waals surface area contributed by atoms with E-state index < -0.39 is 0 Å². The van der Waals surface area contributed by atoms with E-state index in [9.17, 15) is 4.79 Å². The summed E-state index contributed by atoms with van der Waals surface area (Å²) in [5.74, 6) is 1.19. The van der Waals surface area contributed by atoms with Gasteiger partial charge in [-0.3, -0.25) is 9.69 Å². The van der Waals surface area contributed by atoms with Crippen LogP contribution < -0.4 is 4.74 Å². The van der Waals surface area contributed by atoms with Crippen LogP contribution in [0.2, 0.25) is 0 Å². The van der Waals surface area contributed by atoms with Gasteiger partial charge in [-0.2, -0.15) is 0 Å². The predicted molar refractivity (Wildman–Crippen MR) is 86.2 cm³/mol. The number of benzene rings is 1. The maximum atomic E-state index is 13.2. The molecule has 0 aromatic heterocycles. The van der Waals surface area contributed by atoms with E-state index in [1.54, 1.807) is 0 Å². The van der Waals surface area contributed by atoms with Crippen LogP contribution in [0, 0.1) is 0 Å². The van der Waals surface area contributed by atoms with Crippen LogP contribution in [0.15, 0.2) is 18.2 Å². The molecule has 0 N–H and O–H groups in total. The van der Waals surface area contributed by atoms with Crippen molar-refractivity contribution in [2.45, 2.75) is 52.5 Å². The zero-order chi connectivity index (χ0) is 15.5. The molecule has 1 aromatic rings. The van der Waals surface area contributed by atoms with Crippen LogP contribution >= 0.6 is 0 Å². The molecule has 1 aliphatic rings. The van der Waals surface area contributed by atoms with E-state index in [4.69, 9.17) is 4.74 Å². The van der Waals surface area contributed by atoms with Gasteiger partial charge in [0, 0.05) is 12.0 Å². The summed E-state index contributed by atoms with van der Waals surface area (Å²) in [7, 11) is 0. The average Bonchev–Trinajstić information content (AvgIpc) is 2.99. The molecule has 0 radical (unpaired) electrons. The number of rotatable bonds is 7. The predicted octanol–water partition coefficient (Wildman–Crippen LogP) is 3.70. The fourth-order valence-electron chi connectivity index (χ4n) is 3.59. The Labute approximate surface area is 128 Å². The first-order valence-corrected chi connectivity index (χ1v) is 8.18. The molecule has 3 nitrogen and oxygen atoms in total. The third-order valence-corrected chi connectivity index (χ3v) is 4.91. The van der Waals surface area contributed by atoms with Gasteiger partial charge in [0.2, 0.25) is 0 Å². The second kappa shape index (κ2) is 6.61. The number of carbonyl (C=O) groups is 1. The van der Waals surface area contributed by atoms with Gasteiger partial charge < -0.3 is 4.74 Å². The van der Waals surface area contributed by atoms with Crippen LogP contribution in [0.25, 0.3) is 0 Å². The number of hydrogen-bond donors (Lipinski definition) is 0. The molecule has 21 heavy (non-hydrogen) atoms. The second-order valence-electron chi connectivity index (χ2n) is 5.66. The van der Waals surface area contributed by atoms with E-state index in [1.807, 2.05) is 18.2 Å². The van der Waals surface area contributed by atoms with Crippen molar-refractivity contribution in [3.05, 3.63) is 29.3 Å². The number of likely N-dealkylation sites (N-methyl/N-ethyl adjacent to an activating group) is 1. The fourth-order valence-corrected chi connectivity index (χ4v) is 3.59. The average molecular weight is 289 g/mol. The summed E-state index contributed by atoms with van der Waals surface area (Å²) < 4.78 is 5.54. The molecule has 0 fully saturated rings. The zero-order valence-electron chi connectivity index (χ0n) is 13.7. The Morgan fingerprint density at radius 3 is 2.43 bits per heavy atom. The summed E-state index contributed by atoms with van der Waals surface area (Å²) in [5, 5.41) is 0. The smallest absolute Gasteiger partial charge is 0.183 e. The largest absolute Gasteiger partial charge is 0.493 e. The number of carbonyl (C=O) groups excluding carboxylic acids is 1. The molecule has 0 bridgehead atoms. The van der Waals surface area contributed by atoms with Gasteiger partial charge >= 0.3 is 0 Å². The first kappa shape index (κ1) is 16.0. The topological polar surface area (TPSA) is 29.5 Å². The minimum absolute atomic E-state index is 0.255. The zero-order valence-corrected chi connectivity index (χ0v) is 13.7. The Bertz CT molecular complexity index is 502. The number of Topliss-reactive ketones (excluding diaryl/α,β-unsaturated/α-hetero) is 1. The van der Waals surface area contributed by atoms with Crippen molar-refractivity contribution in [1.29, 1.82) is 0 Å². The number of nitrogens with zero attached hydrogens (tertiary/aromatic N) is 1. The molecule has 116 valence electrons. The van der Waals surface area contributed by atoms with E-state index in [-0.39, 0.29) is 11.3 Å². The summed E-state index contributed by atoms with van der Waals surface area (Å²) in [6.07, 6.45) is 2.60. The molecule has 0 amide bonds. The molecule has 0 saturated heterocycles. The standard InChI is InChI=1S/C18H27NO2/c1-5-18(6-2,19(7-3)8-4)17(20)15-9-10-16-14(13-15)11-12-21-16/h9-10,13H,5-8,11-12H2,1-4H3. The Hall–Kier alpha value is -1.35. The molecule has 2 rings (SSSR count). The van der Waals surface area contributed by atoms with E-state index in [0.717, 1.165) is 50.3 Å². The van der Waals surface area contributed by atoms with E-state index >= 15 is 0 Å². The van der Waals surface area contributed by atoms with Crippen molar-refractivity contribution in [3.8, 4) is 5.75 Å². The summed E-state index contributed by atoms with van der Waals surface area (Å²) in [6, 6.07) is 5.91. The van der Waals surface area contributed by atoms with Crippen LogP contribution in [0.4, 0.5) is 0 Å². The summed E-state index contributed by atoms with van der Waals surface area (Å²) >= 11 is 0. The van der Waals surface area contributed by atoms with E-state index in [0.29, 0.717) is 0 Å².